The Kier molecular flexibility index (Phi) is 5.98. The highest BCUT2D eigenvalue weighted by molar-refractivity contribution is 14.1. The summed E-state index contributed by atoms with van der Waals surface area (Å²) < 4.78 is 7.75. The molecule has 5 heteroatoms. The van der Waals surface area contributed by atoms with Gasteiger partial charge < -0.3 is 10.1 Å². The Morgan fingerprint density at radius 2 is 1.86 bits per heavy atom. The zero-order valence-corrected chi connectivity index (χ0v) is 16.7. The van der Waals surface area contributed by atoms with Crippen molar-refractivity contribution in [1.29, 1.82) is 0 Å². The highest BCUT2D eigenvalue weighted by Gasteiger charge is 2.39. The Morgan fingerprint density at radius 1 is 1.29 bits per heavy atom. The number of rotatable bonds is 1. The number of hydrogen-bond acceptors (Lipinski definition) is 3. The Labute approximate surface area is 143 Å². The van der Waals surface area contributed by atoms with Crippen LogP contribution in [0.3, 0.4) is 0 Å². The van der Waals surface area contributed by atoms with Crippen molar-refractivity contribution in [3.8, 4) is 0 Å². The first kappa shape index (κ1) is 19.0. The van der Waals surface area contributed by atoms with E-state index in [2.05, 4.69) is 59.0 Å². The summed E-state index contributed by atoms with van der Waals surface area (Å²) in [7, 11) is 0. The first-order chi connectivity index (χ1) is 9.31. The molecule has 124 valence electrons. The Morgan fingerprint density at radius 3 is 2.38 bits per heavy atom. The maximum absolute atomic E-state index is 12.1. The first-order valence-corrected chi connectivity index (χ1v) is 8.67. The van der Waals surface area contributed by atoms with Crippen molar-refractivity contribution in [2.24, 2.45) is 10.8 Å². The minimum atomic E-state index is -0.454. The number of alkyl carbamates (subject to hydrolysis) is 1. The fourth-order valence-electron chi connectivity index (χ4n) is 3.33. The third-order valence-corrected chi connectivity index (χ3v) is 4.65. The molecule has 0 radical (unpaired) electrons. The first-order valence-electron chi connectivity index (χ1n) is 7.71. The topological polar surface area (TPSA) is 41.6 Å². The highest BCUT2D eigenvalue weighted by Crippen LogP contribution is 2.40. The van der Waals surface area contributed by atoms with Gasteiger partial charge in [0.05, 0.1) is 0 Å². The molecule has 1 atom stereocenters. The lowest BCUT2D eigenvalue weighted by atomic mass is 9.69. The number of nitrogens with zero attached hydrogens (tertiary/aromatic N) is 1. The van der Waals surface area contributed by atoms with Crippen LogP contribution in [-0.4, -0.2) is 33.9 Å². The van der Waals surface area contributed by atoms with E-state index in [1.165, 1.54) is 0 Å². The normalized spacial score (nSPS) is 26.6. The number of halogens is 1. The van der Waals surface area contributed by atoms with Gasteiger partial charge in [-0.3, -0.25) is 0 Å². The van der Waals surface area contributed by atoms with Crippen LogP contribution in [0.15, 0.2) is 0 Å². The van der Waals surface area contributed by atoms with E-state index in [1.807, 2.05) is 20.8 Å². The minimum Gasteiger partial charge on any atom is -0.444 e. The second-order valence-corrected chi connectivity index (χ2v) is 10.0. The average Bonchev–Trinajstić information content (AvgIpc) is 2.17. The van der Waals surface area contributed by atoms with Gasteiger partial charge in [0.25, 0.3) is 0 Å². The van der Waals surface area contributed by atoms with Crippen LogP contribution >= 0.6 is 22.9 Å². The zero-order chi connectivity index (χ0) is 16.5. The van der Waals surface area contributed by atoms with E-state index in [0.29, 0.717) is 0 Å². The molecule has 0 aromatic carbocycles. The minimum absolute atomic E-state index is 0.0539. The molecular formula is C16H31IN2O2. The Bertz CT molecular complexity index is 375. The van der Waals surface area contributed by atoms with Crippen LogP contribution in [0.4, 0.5) is 4.79 Å². The van der Waals surface area contributed by atoms with E-state index in [0.717, 1.165) is 25.9 Å². The summed E-state index contributed by atoms with van der Waals surface area (Å²) in [5.74, 6) is 0. The second kappa shape index (κ2) is 6.60. The summed E-state index contributed by atoms with van der Waals surface area (Å²) in [6, 6.07) is 0.129. The molecule has 4 nitrogen and oxygen atoms in total. The van der Waals surface area contributed by atoms with Crippen LogP contribution in [0.5, 0.6) is 0 Å². The summed E-state index contributed by atoms with van der Waals surface area (Å²) >= 11 is 2.39. The van der Waals surface area contributed by atoms with Gasteiger partial charge in [0.15, 0.2) is 0 Å². The van der Waals surface area contributed by atoms with Crippen LogP contribution in [-0.2, 0) is 4.74 Å². The molecular weight excluding hydrogens is 379 g/mol. The molecule has 1 fully saturated rings. The van der Waals surface area contributed by atoms with E-state index in [9.17, 15) is 4.79 Å². The van der Waals surface area contributed by atoms with E-state index in [1.54, 1.807) is 0 Å². The number of hydrogen-bond donors (Lipinski definition) is 1. The molecule has 1 rings (SSSR count). The van der Waals surface area contributed by atoms with E-state index < -0.39 is 5.60 Å². The molecule has 1 aliphatic rings. The standard InChI is InChI=1S/C16H31IN2O2/c1-14(2,3)21-13(20)18-12-8-9-19(17)11-15(4,5)10-16(12,6)7/h12H,8-11H2,1-7H3,(H,18,20). The summed E-state index contributed by atoms with van der Waals surface area (Å²) in [6.45, 7) is 16.8. The van der Waals surface area contributed by atoms with Crippen molar-refractivity contribution >= 4 is 29.0 Å². The summed E-state index contributed by atoms with van der Waals surface area (Å²) in [5.41, 5.74) is -0.165. The molecule has 0 aromatic rings. The van der Waals surface area contributed by atoms with Gasteiger partial charge in [-0.25, -0.2) is 7.91 Å². The van der Waals surface area contributed by atoms with E-state index >= 15 is 0 Å². The molecule has 0 aromatic heterocycles. The molecule has 0 aliphatic carbocycles. The maximum atomic E-state index is 12.1. The molecule has 1 N–H and O–H groups in total. The quantitative estimate of drug-likeness (QED) is 0.516. The molecule has 1 saturated heterocycles. The Balaban J connectivity index is 2.80. The number of amides is 1. The number of ether oxygens (including phenoxy) is 1. The monoisotopic (exact) mass is 410 g/mol. The predicted octanol–water partition coefficient (Wildman–Crippen LogP) is 4.38. The van der Waals surface area contributed by atoms with Crippen LogP contribution in [0.2, 0.25) is 0 Å². The van der Waals surface area contributed by atoms with Gasteiger partial charge in [-0.1, -0.05) is 27.7 Å². The number of carbonyl (C=O) groups excluding carboxylic acids is 1. The largest absolute Gasteiger partial charge is 0.444 e. The third kappa shape index (κ3) is 6.72. The van der Waals surface area contributed by atoms with Crippen molar-refractivity contribution < 1.29 is 9.53 Å². The molecule has 21 heavy (non-hydrogen) atoms. The highest BCUT2D eigenvalue weighted by atomic mass is 127. The van der Waals surface area contributed by atoms with Crippen LogP contribution in [0, 0.1) is 10.8 Å². The molecule has 0 saturated carbocycles. The second-order valence-electron chi connectivity index (χ2n) is 8.66. The van der Waals surface area contributed by atoms with Gasteiger partial charge in [0.2, 0.25) is 0 Å². The summed E-state index contributed by atoms with van der Waals surface area (Å²) in [5, 5.41) is 3.10. The lowest BCUT2D eigenvalue weighted by molar-refractivity contribution is 0.0377. The number of carbonyl (C=O) groups is 1. The molecule has 0 spiro atoms. The van der Waals surface area contributed by atoms with Crippen LogP contribution in [0.1, 0.15) is 61.3 Å². The molecule has 1 aliphatic heterocycles. The zero-order valence-electron chi connectivity index (χ0n) is 14.5. The van der Waals surface area contributed by atoms with Crippen molar-refractivity contribution in [1.82, 2.24) is 8.43 Å². The van der Waals surface area contributed by atoms with Gasteiger partial charge in [-0.2, -0.15) is 0 Å². The molecule has 0 bridgehead atoms. The third-order valence-electron chi connectivity index (χ3n) is 3.83. The van der Waals surface area contributed by atoms with Gasteiger partial charge in [-0.15, -0.1) is 0 Å². The lowest BCUT2D eigenvalue weighted by Crippen LogP contribution is -2.51. The van der Waals surface area contributed by atoms with Gasteiger partial charge in [0.1, 0.15) is 5.60 Å². The maximum Gasteiger partial charge on any atom is 0.407 e. The SMILES string of the molecule is CC1(C)CN(I)CCC(NC(=O)OC(C)(C)C)C(C)(C)C1. The van der Waals surface area contributed by atoms with Crippen molar-refractivity contribution in [2.75, 3.05) is 13.1 Å². The predicted molar refractivity (Wildman–Crippen MR) is 95.5 cm³/mol. The van der Waals surface area contributed by atoms with Gasteiger partial charge in [-0.05, 0) is 44.4 Å². The van der Waals surface area contributed by atoms with Gasteiger partial charge in [0, 0.05) is 42.0 Å². The molecule has 1 heterocycles. The Hall–Kier alpha value is -0.0400. The van der Waals surface area contributed by atoms with Crippen LogP contribution in [0.25, 0.3) is 0 Å². The van der Waals surface area contributed by atoms with E-state index in [-0.39, 0.29) is 23.0 Å². The lowest BCUT2D eigenvalue weighted by Gasteiger charge is -2.44. The molecule has 1 amide bonds. The molecule has 1 unspecified atom stereocenters. The number of nitrogens with one attached hydrogen (secondary N) is 1. The average molecular weight is 410 g/mol. The van der Waals surface area contributed by atoms with Crippen LogP contribution < -0.4 is 5.32 Å². The van der Waals surface area contributed by atoms with Crippen molar-refractivity contribution in [3.63, 3.8) is 0 Å². The van der Waals surface area contributed by atoms with Crippen molar-refractivity contribution in [3.05, 3.63) is 0 Å². The van der Waals surface area contributed by atoms with E-state index in [4.69, 9.17) is 4.74 Å². The van der Waals surface area contributed by atoms with Crippen molar-refractivity contribution in [2.45, 2.75) is 73.0 Å². The fourth-order valence-corrected chi connectivity index (χ4v) is 4.54. The fraction of sp³-hybridized carbons (Fsp3) is 0.938. The summed E-state index contributed by atoms with van der Waals surface area (Å²) in [6.07, 6.45) is 1.71. The summed E-state index contributed by atoms with van der Waals surface area (Å²) in [4.78, 5) is 12.1. The van der Waals surface area contributed by atoms with Gasteiger partial charge >= 0.3 is 6.09 Å². The smallest absolute Gasteiger partial charge is 0.407 e.